The van der Waals surface area contributed by atoms with Crippen LogP contribution in [0.15, 0.2) is 52.1 Å². The van der Waals surface area contributed by atoms with E-state index in [-0.39, 0.29) is 0 Å². The van der Waals surface area contributed by atoms with Gasteiger partial charge in [-0.15, -0.1) is 0 Å². The molecule has 0 radical (unpaired) electrons. The summed E-state index contributed by atoms with van der Waals surface area (Å²) in [6, 6.07) is 13.1. The molecule has 2 aromatic rings. The second-order valence-corrected chi connectivity index (χ2v) is 9.26. The SMILES string of the molecule is CCSC1CCC(NC(=NC)NCc2ccccc2CN(C)Cc2ccco2)C1. The third kappa shape index (κ3) is 6.82. The molecular formula is C23H34N4OS. The fourth-order valence-corrected chi connectivity index (χ4v) is 5.07. The molecule has 5 nitrogen and oxygen atoms in total. The Morgan fingerprint density at radius 1 is 1.17 bits per heavy atom. The Morgan fingerprint density at radius 3 is 2.72 bits per heavy atom. The molecule has 0 bridgehead atoms. The number of guanidine groups is 1. The molecule has 0 amide bonds. The van der Waals surface area contributed by atoms with Crippen LogP contribution in [0.2, 0.25) is 0 Å². The van der Waals surface area contributed by atoms with Gasteiger partial charge in [0.05, 0.1) is 12.8 Å². The van der Waals surface area contributed by atoms with Gasteiger partial charge >= 0.3 is 0 Å². The van der Waals surface area contributed by atoms with E-state index in [9.17, 15) is 0 Å². The molecule has 158 valence electrons. The fraction of sp³-hybridized carbons (Fsp3) is 0.522. The molecule has 29 heavy (non-hydrogen) atoms. The van der Waals surface area contributed by atoms with Crippen molar-refractivity contribution in [2.75, 3.05) is 19.8 Å². The smallest absolute Gasteiger partial charge is 0.191 e. The van der Waals surface area contributed by atoms with Crippen LogP contribution < -0.4 is 10.6 Å². The Hall–Kier alpha value is -1.92. The van der Waals surface area contributed by atoms with E-state index in [0.717, 1.165) is 36.6 Å². The zero-order valence-electron chi connectivity index (χ0n) is 17.9. The van der Waals surface area contributed by atoms with E-state index in [1.54, 1.807) is 6.26 Å². The van der Waals surface area contributed by atoms with Crippen LogP contribution in [0.1, 0.15) is 43.1 Å². The second kappa shape index (κ2) is 11.3. The molecule has 0 spiro atoms. The van der Waals surface area contributed by atoms with Gasteiger partial charge in [-0.3, -0.25) is 9.89 Å². The van der Waals surface area contributed by atoms with Gasteiger partial charge in [-0.05, 0) is 55.3 Å². The van der Waals surface area contributed by atoms with E-state index >= 15 is 0 Å². The maximum Gasteiger partial charge on any atom is 0.191 e. The van der Waals surface area contributed by atoms with E-state index < -0.39 is 0 Å². The first-order valence-corrected chi connectivity index (χ1v) is 11.6. The van der Waals surface area contributed by atoms with Gasteiger partial charge in [-0.2, -0.15) is 11.8 Å². The molecule has 2 atom stereocenters. The predicted octanol–water partition coefficient (Wildman–Crippen LogP) is 4.25. The van der Waals surface area contributed by atoms with Gasteiger partial charge in [0.15, 0.2) is 5.96 Å². The van der Waals surface area contributed by atoms with Crippen LogP contribution in [0.5, 0.6) is 0 Å². The molecule has 1 aromatic carbocycles. The molecule has 3 rings (SSSR count). The topological polar surface area (TPSA) is 52.8 Å². The molecule has 6 heteroatoms. The largest absolute Gasteiger partial charge is 0.468 e. The number of aliphatic imine (C=N–C) groups is 1. The summed E-state index contributed by atoms with van der Waals surface area (Å²) < 4.78 is 5.47. The van der Waals surface area contributed by atoms with Gasteiger partial charge in [-0.1, -0.05) is 31.2 Å². The first kappa shape index (κ1) is 21.8. The summed E-state index contributed by atoms with van der Waals surface area (Å²) in [5, 5.41) is 7.92. The maximum absolute atomic E-state index is 5.47. The monoisotopic (exact) mass is 414 g/mol. The molecule has 2 N–H and O–H groups in total. The van der Waals surface area contributed by atoms with E-state index in [0.29, 0.717) is 6.04 Å². The van der Waals surface area contributed by atoms with Crippen molar-refractivity contribution in [3.63, 3.8) is 0 Å². The van der Waals surface area contributed by atoms with Crippen LogP contribution in [0.4, 0.5) is 0 Å². The van der Waals surface area contributed by atoms with Gasteiger partial charge in [-0.25, -0.2) is 0 Å². The van der Waals surface area contributed by atoms with Crippen LogP contribution in [0.25, 0.3) is 0 Å². The van der Waals surface area contributed by atoms with E-state index in [4.69, 9.17) is 4.42 Å². The molecule has 1 aliphatic rings. The van der Waals surface area contributed by atoms with Crippen LogP contribution in [-0.4, -0.2) is 42.0 Å². The first-order chi connectivity index (χ1) is 14.2. The quantitative estimate of drug-likeness (QED) is 0.475. The zero-order chi connectivity index (χ0) is 20.5. The second-order valence-electron chi connectivity index (χ2n) is 7.68. The number of benzene rings is 1. The average molecular weight is 415 g/mol. The molecule has 2 unspecified atom stereocenters. The van der Waals surface area contributed by atoms with Crippen molar-refractivity contribution >= 4 is 17.7 Å². The van der Waals surface area contributed by atoms with E-state index in [2.05, 4.69) is 70.5 Å². The lowest BCUT2D eigenvalue weighted by atomic mass is 10.1. The summed E-state index contributed by atoms with van der Waals surface area (Å²) in [6.45, 7) is 4.69. The van der Waals surface area contributed by atoms with Crippen molar-refractivity contribution in [2.24, 2.45) is 4.99 Å². The molecule has 1 fully saturated rings. The highest BCUT2D eigenvalue weighted by Crippen LogP contribution is 2.29. The average Bonchev–Trinajstić information content (AvgIpc) is 3.38. The predicted molar refractivity (Wildman–Crippen MR) is 123 cm³/mol. The third-order valence-corrected chi connectivity index (χ3v) is 6.60. The lowest BCUT2D eigenvalue weighted by molar-refractivity contribution is 0.287. The molecule has 1 aromatic heterocycles. The number of nitrogens with zero attached hydrogens (tertiary/aromatic N) is 2. The normalized spacial score (nSPS) is 19.7. The van der Waals surface area contributed by atoms with Crippen LogP contribution >= 0.6 is 11.8 Å². The Balaban J connectivity index is 1.51. The van der Waals surface area contributed by atoms with Crippen molar-refractivity contribution in [1.29, 1.82) is 0 Å². The highest BCUT2D eigenvalue weighted by molar-refractivity contribution is 7.99. The van der Waals surface area contributed by atoms with E-state index in [1.807, 2.05) is 19.2 Å². The zero-order valence-corrected chi connectivity index (χ0v) is 18.7. The Labute approximate surface area is 179 Å². The van der Waals surface area contributed by atoms with Crippen molar-refractivity contribution < 1.29 is 4.42 Å². The summed E-state index contributed by atoms with van der Waals surface area (Å²) in [5.74, 6) is 3.09. The van der Waals surface area contributed by atoms with Crippen LogP contribution in [0.3, 0.4) is 0 Å². The fourth-order valence-electron chi connectivity index (χ4n) is 3.92. The Kier molecular flexibility index (Phi) is 8.50. The highest BCUT2D eigenvalue weighted by atomic mass is 32.2. The molecular weight excluding hydrogens is 380 g/mol. The van der Waals surface area contributed by atoms with Gasteiger partial charge in [0.2, 0.25) is 0 Å². The lowest BCUT2D eigenvalue weighted by Crippen LogP contribution is -2.42. The lowest BCUT2D eigenvalue weighted by Gasteiger charge is -2.20. The molecule has 0 aliphatic heterocycles. The summed E-state index contributed by atoms with van der Waals surface area (Å²) in [6.07, 6.45) is 5.49. The number of nitrogens with one attached hydrogen (secondary N) is 2. The molecule has 1 aliphatic carbocycles. The van der Waals surface area contributed by atoms with Gasteiger partial charge in [0, 0.05) is 31.4 Å². The van der Waals surface area contributed by atoms with Gasteiger partial charge in [0.1, 0.15) is 5.76 Å². The summed E-state index contributed by atoms with van der Waals surface area (Å²) in [5.41, 5.74) is 2.62. The molecule has 1 saturated carbocycles. The van der Waals surface area contributed by atoms with Crippen LogP contribution in [-0.2, 0) is 19.6 Å². The number of furan rings is 1. The molecule has 0 saturated heterocycles. The Bertz CT molecular complexity index is 762. The Morgan fingerprint density at radius 2 is 2.00 bits per heavy atom. The number of thioether (sulfide) groups is 1. The highest BCUT2D eigenvalue weighted by Gasteiger charge is 2.25. The summed E-state index contributed by atoms with van der Waals surface area (Å²) in [4.78, 5) is 6.72. The minimum atomic E-state index is 0.528. The first-order valence-electron chi connectivity index (χ1n) is 10.5. The van der Waals surface area contributed by atoms with Crippen LogP contribution in [0, 0.1) is 0 Å². The van der Waals surface area contributed by atoms with Crippen molar-refractivity contribution in [1.82, 2.24) is 15.5 Å². The summed E-state index contributed by atoms with van der Waals surface area (Å²) >= 11 is 2.08. The van der Waals surface area contributed by atoms with E-state index in [1.165, 1.54) is 36.1 Å². The van der Waals surface area contributed by atoms with Crippen molar-refractivity contribution in [3.05, 3.63) is 59.5 Å². The maximum atomic E-state index is 5.47. The van der Waals surface area contributed by atoms with Gasteiger partial charge < -0.3 is 15.1 Å². The minimum Gasteiger partial charge on any atom is -0.468 e. The van der Waals surface area contributed by atoms with Gasteiger partial charge in [0.25, 0.3) is 0 Å². The number of hydrogen-bond donors (Lipinski definition) is 2. The number of hydrogen-bond acceptors (Lipinski definition) is 4. The molecule has 1 heterocycles. The standard InChI is InChI=1S/C23H34N4OS/c1-4-29-22-12-11-20(14-22)26-23(24-2)25-15-18-8-5-6-9-19(18)16-27(3)17-21-10-7-13-28-21/h5-10,13,20,22H,4,11-12,14-17H2,1-3H3,(H2,24,25,26). The summed E-state index contributed by atoms with van der Waals surface area (Å²) in [7, 11) is 3.98. The third-order valence-electron chi connectivity index (χ3n) is 5.36. The minimum absolute atomic E-state index is 0.528. The number of rotatable bonds is 9. The van der Waals surface area contributed by atoms with Crippen molar-refractivity contribution in [3.8, 4) is 0 Å². The van der Waals surface area contributed by atoms with Crippen molar-refractivity contribution in [2.45, 2.75) is 57.1 Å².